The van der Waals surface area contributed by atoms with Crippen LogP contribution in [-0.2, 0) is 4.79 Å². The average molecular weight is 237 g/mol. The Hall–Kier alpha value is -1.55. The Morgan fingerprint density at radius 1 is 1.47 bits per heavy atom. The second-order valence-electron chi connectivity index (χ2n) is 4.07. The van der Waals surface area contributed by atoms with E-state index in [1.54, 1.807) is 6.07 Å². The zero-order valence-corrected chi connectivity index (χ0v) is 10.3. The molecule has 1 aromatic rings. The van der Waals surface area contributed by atoms with E-state index < -0.39 is 12.1 Å². The maximum Gasteiger partial charge on any atom is 0.344 e. The lowest BCUT2D eigenvalue weighted by atomic mass is 10.1. The van der Waals surface area contributed by atoms with Gasteiger partial charge in [0.1, 0.15) is 5.75 Å². The summed E-state index contributed by atoms with van der Waals surface area (Å²) in [4.78, 5) is 11.0. The molecule has 0 aromatic heterocycles. The van der Waals surface area contributed by atoms with Gasteiger partial charge in [0.15, 0.2) is 6.10 Å². The first-order valence-corrected chi connectivity index (χ1v) is 5.72. The first kappa shape index (κ1) is 13.5. The van der Waals surface area contributed by atoms with Gasteiger partial charge in [0.05, 0.1) is 0 Å². The molecule has 0 aliphatic carbocycles. The Labute approximate surface area is 101 Å². The van der Waals surface area contributed by atoms with Crippen molar-refractivity contribution in [1.82, 2.24) is 0 Å². The number of benzene rings is 1. The van der Waals surface area contributed by atoms with E-state index in [1.165, 1.54) is 0 Å². The first-order valence-electron chi connectivity index (χ1n) is 5.72. The number of hydrogen-bond donors (Lipinski definition) is 2. The molecule has 4 nitrogen and oxygen atoms in total. The molecule has 0 radical (unpaired) electrons. The molecule has 0 heterocycles. The van der Waals surface area contributed by atoms with Gasteiger partial charge in [0.25, 0.3) is 0 Å². The van der Waals surface area contributed by atoms with E-state index in [2.05, 4.69) is 0 Å². The van der Waals surface area contributed by atoms with Gasteiger partial charge in [-0.2, -0.15) is 0 Å². The molecule has 0 fully saturated rings. The second-order valence-corrected chi connectivity index (χ2v) is 4.07. The number of rotatable bonds is 6. The Bertz CT molecular complexity index is 390. The fraction of sp³-hybridized carbons (Fsp3) is 0.462. The maximum absolute atomic E-state index is 11.0. The number of nitrogens with two attached hydrogens (primary N) is 1. The van der Waals surface area contributed by atoms with Crippen molar-refractivity contribution >= 4 is 5.97 Å². The molecule has 0 saturated carbocycles. The molecular weight excluding hydrogens is 218 g/mol. The Morgan fingerprint density at radius 2 is 2.18 bits per heavy atom. The van der Waals surface area contributed by atoms with Crippen LogP contribution in [0.15, 0.2) is 18.2 Å². The van der Waals surface area contributed by atoms with Crippen LogP contribution in [0.25, 0.3) is 0 Å². The Balaban J connectivity index is 2.78. The smallest absolute Gasteiger partial charge is 0.344 e. The zero-order chi connectivity index (χ0) is 12.8. The van der Waals surface area contributed by atoms with Crippen LogP contribution in [0, 0.1) is 13.8 Å². The van der Waals surface area contributed by atoms with Gasteiger partial charge in [-0.3, -0.25) is 0 Å². The lowest BCUT2D eigenvalue weighted by Gasteiger charge is -2.17. The van der Waals surface area contributed by atoms with Gasteiger partial charge in [-0.25, -0.2) is 4.79 Å². The Morgan fingerprint density at radius 3 is 2.76 bits per heavy atom. The third-order valence-corrected chi connectivity index (χ3v) is 2.77. The second kappa shape index (κ2) is 6.25. The minimum absolute atomic E-state index is 0.430. The van der Waals surface area contributed by atoms with Crippen LogP contribution in [0.1, 0.15) is 24.0 Å². The quantitative estimate of drug-likeness (QED) is 0.792. The highest BCUT2D eigenvalue weighted by atomic mass is 16.5. The van der Waals surface area contributed by atoms with Crippen molar-refractivity contribution in [3.05, 3.63) is 29.3 Å². The predicted octanol–water partition coefficient (Wildman–Crippen LogP) is 1.87. The van der Waals surface area contributed by atoms with Gasteiger partial charge in [0.2, 0.25) is 0 Å². The summed E-state index contributed by atoms with van der Waals surface area (Å²) >= 11 is 0. The monoisotopic (exact) mass is 237 g/mol. The third-order valence-electron chi connectivity index (χ3n) is 2.77. The van der Waals surface area contributed by atoms with Crippen LogP contribution in [0.4, 0.5) is 0 Å². The van der Waals surface area contributed by atoms with E-state index in [0.29, 0.717) is 25.1 Å². The topological polar surface area (TPSA) is 72.5 Å². The van der Waals surface area contributed by atoms with Gasteiger partial charge in [-0.1, -0.05) is 12.1 Å². The maximum atomic E-state index is 11.0. The standard InChI is InChI=1S/C13H19NO3/c1-9-5-3-6-11(10(9)2)17-12(13(15)16)7-4-8-14/h3,5-6,12H,4,7-8,14H2,1-2H3,(H,15,16). The average Bonchev–Trinajstić information content (AvgIpc) is 2.29. The van der Waals surface area contributed by atoms with Gasteiger partial charge < -0.3 is 15.6 Å². The lowest BCUT2D eigenvalue weighted by Crippen LogP contribution is -2.28. The molecule has 4 heteroatoms. The van der Waals surface area contributed by atoms with Gasteiger partial charge in [0, 0.05) is 0 Å². The molecule has 1 unspecified atom stereocenters. The van der Waals surface area contributed by atoms with E-state index in [4.69, 9.17) is 15.6 Å². The number of carboxylic acids is 1. The molecule has 17 heavy (non-hydrogen) atoms. The molecule has 0 spiro atoms. The van der Waals surface area contributed by atoms with Gasteiger partial charge in [-0.05, 0) is 50.4 Å². The fourth-order valence-corrected chi connectivity index (χ4v) is 1.54. The molecule has 1 aromatic carbocycles. The van der Waals surface area contributed by atoms with Crippen LogP contribution in [0.5, 0.6) is 5.75 Å². The number of carboxylic acid groups (broad SMARTS) is 1. The van der Waals surface area contributed by atoms with Crippen molar-refractivity contribution in [2.75, 3.05) is 6.54 Å². The number of hydrogen-bond acceptors (Lipinski definition) is 3. The molecule has 0 aliphatic heterocycles. The van der Waals surface area contributed by atoms with E-state index in [1.807, 2.05) is 26.0 Å². The molecule has 1 rings (SSSR count). The molecular formula is C13H19NO3. The molecule has 1 atom stereocenters. The molecule has 0 bridgehead atoms. The minimum Gasteiger partial charge on any atom is -0.479 e. The van der Waals surface area contributed by atoms with E-state index in [0.717, 1.165) is 11.1 Å². The summed E-state index contributed by atoms with van der Waals surface area (Å²) in [5.74, 6) is -0.311. The molecule has 0 amide bonds. The van der Waals surface area contributed by atoms with Crippen LogP contribution in [0.3, 0.4) is 0 Å². The summed E-state index contributed by atoms with van der Waals surface area (Å²) in [6.07, 6.45) is 0.250. The number of aliphatic carboxylic acids is 1. The van der Waals surface area contributed by atoms with Crippen LogP contribution in [-0.4, -0.2) is 23.7 Å². The third kappa shape index (κ3) is 3.75. The normalized spacial score (nSPS) is 12.2. The van der Waals surface area contributed by atoms with Crippen molar-refractivity contribution in [3.8, 4) is 5.75 Å². The lowest BCUT2D eigenvalue weighted by molar-refractivity contribution is -0.145. The molecule has 3 N–H and O–H groups in total. The summed E-state index contributed by atoms with van der Waals surface area (Å²) in [5, 5.41) is 9.06. The van der Waals surface area contributed by atoms with Crippen LogP contribution in [0.2, 0.25) is 0 Å². The summed E-state index contributed by atoms with van der Waals surface area (Å²) in [6.45, 7) is 4.37. The Kier molecular flexibility index (Phi) is 4.97. The first-order chi connectivity index (χ1) is 8.06. The fourth-order valence-electron chi connectivity index (χ4n) is 1.54. The number of carbonyl (C=O) groups is 1. The molecule has 94 valence electrons. The van der Waals surface area contributed by atoms with E-state index >= 15 is 0 Å². The van der Waals surface area contributed by atoms with Crippen LogP contribution >= 0.6 is 0 Å². The summed E-state index contributed by atoms with van der Waals surface area (Å²) in [5.41, 5.74) is 7.44. The van der Waals surface area contributed by atoms with Crippen molar-refractivity contribution in [2.45, 2.75) is 32.8 Å². The number of aryl methyl sites for hydroxylation is 1. The summed E-state index contributed by atoms with van der Waals surface area (Å²) < 4.78 is 5.53. The molecule has 0 aliphatic rings. The molecule has 0 saturated heterocycles. The highest BCUT2D eigenvalue weighted by molar-refractivity contribution is 5.72. The van der Waals surface area contributed by atoms with Crippen molar-refractivity contribution < 1.29 is 14.6 Å². The van der Waals surface area contributed by atoms with E-state index in [-0.39, 0.29) is 0 Å². The van der Waals surface area contributed by atoms with Gasteiger partial charge >= 0.3 is 5.97 Å². The summed E-state index contributed by atoms with van der Waals surface area (Å²) in [6, 6.07) is 5.62. The van der Waals surface area contributed by atoms with Crippen LogP contribution < -0.4 is 10.5 Å². The minimum atomic E-state index is -0.945. The number of ether oxygens (including phenoxy) is 1. The highest BCUT2D eigenvalue weighted by Gasteiger charge is 2.19. The SMILES string of the molecule is Cc1cccc(OC(CCCN)C(=O)O)c1C. The highest BCUT2D eigenvalue weighted by Crippen LogP contribution is 2.22. The van der Waals surface area contributed by atoms with Crippen molar-refractivity contribution in [1.29, 1.82) is 0 Å². The predicted molar refractivity (Wildman–Crippen MR) is 66.3 cm³/mol. The summed E-state index contributed by atoms with van der Waals surface area (Å²) in [7, 11) is 0. The van der Waals surface area contributed by atoms with Crippen molar-refractivity contribution in [3.63, 3.8) is 0 Å². The van der Waals surface area contributed by atoms with E-state index in [9.17, 15) is 4.79 Å². The zero-order valence-electron chi connectivity index (χ0n) is 10.3. The van der Waals surface area contributed by atoms with Gasteiger partial charge in [-0.15, -0.1) is 0 Å². The van der Waals surface area contributed by atoms with Crippen molar-refractivity contribution in [2.24, 2.45) is 5.73 Å². The largest absolute Gasteiger partial charge is 0.479 e.